The minimum Gasteiger partial charge on any atom is -0.371 e. The summed E-state index contributed by atoms with van der Waals surface area (Å²) in [7, 11) is 0. The lowest BCUT2D eigenvalue weighted by atomic mass is 9.86. The van der Waals surface area contributed by atoms with E-state index in [0.29, 0.717) is 12.0 Å². The number of hydrogen-bond acceptors (Lipinski definition) is 2. The second kappa shape index (κ2) is 9.41. The van der Waals surface area contributed by atoms with Crippen LogP contribution < -0.4 is 5.32 Å². The van der Waals surface area contributed by atoms with E-state index in [0.717, 1.165) is 19.4 Å². The van der Waals surface area contributed by atoms with Crippen LogP contribution in [-0.4, -0.2) is 18.4 Å². The summed E-state index contributed by atoms with van der Waals surface area (Å²) in [5.41, 5.74) is 2.79. The summed E-state index contributed by atoms with van der Waals surface area (Å²) >= 11 is 0. The van der Waals surface area contributed by atoms with Gasteiger partial charge in [0.05, 0.1) is 5.84 Å². The van der Waals surface area contributed by atoms with E-state index in [4.69, 9.17) is 4.99 Å². The van der Waals surface area contributed by atoms with Gasteiger partial charge in [-0.15, -0.1) is 0 Å². The standard InChI is InChI=1S/C23H30N2/c1-19(25-23-16-10-2-3-11-17-24-23)22(21-14-8-5-9-15-21)18-20-12-6-4-7-13-20/h4-9,12-15,19,22H,2-3,10-11,16-18H2,1H3,(H,24,25). The molecule has 2 heteroatoms. The summed E-state index contributed by atoms with van der Waals surface area (Å²) in [4.78, 5) is 4.81. The highest BCUT2D eigenvalue weighted by Crippen LogP contribution is 2.25. The van der Waals surface area contributed by atoms with Gasteiger partial charge in [-0.2, -0.15) is 0 Å². The Hall–Kier alpha value is -2.09. The van der Waals surface area contributed by atoms with Crippen LogP contribution in [0, 0.1) is 0 Å². The predicted octanol–water partition coefficient (Wildman–Crippen LogP) is 5.35. The first-order valence-electron chi connectivity index (χ1n) is 9.71. The van der Waals surface area contributed by atoms with Gasteiger partial charge in [-0.1, -0.05) is 73.5 Å². The average molecular weight is 335 g/mol. The zero-order chi connectivity index (χ0) is 17.3. The second-order valence-corrected chi connectivity index (χ2v) is 7.13. The molecule has 0 bridgehead atoms. The maximum absolute atomic E-state index is 4.81. The molecular formula is C23H30N2. The Morgan fingerprint density at radius 1 is 0.880 bits per heavy atom. The maximum Gasteiger partial charge on any atom is 0.0965 e. The summed E-state index contributed by atoms with van der Waals surface area (Å²) in [5, 5.41) is 3.76. The topological polar surface area (TPSA) is 24.4 Å². The second-order valence-electron chi connectivity index (χ2n) is 7.13. The molecule has 0 spiro atoms. The molecule has 0 saturated carbocycles. The largest absolute Gasteiger partial charge is 0.371 e. The van der Waals surface area contributed by atoms with Gasteiger partial charge in [0, 0.05) is 24.9 Å². The van der Waals surface area contributed by atoms with E-state index in [-0.39, 0.29) is 0 Å². The number of aliphatic imine (C=N–C) groups is 1. The molecule has 0 radical (unpaired) electrons. The Labute approximate surface area is 152 Å². The van der Waals surface area contributed by atoms with Crippen molar-refractivity contribution in [1.82, 2.24) is 5.32 Å². The fourth-order valence-corrected chi connectivity index (χ4v) is 3.68. The summed E-state index contributed by atoms with van der Waals surface area (Å²) in [6, 6.07) is 22.1. The molecule has 0 fully saturated rings. The van der Waals surface area contributed by atoms with Crippen LogP contribution >= 0.6 is 0 Å². The van der Waals surface area contributed by atoms with Gasteiger partial charge >= 0.3 is 0 Å². The van der Waals surface area contributed by atoms with E-state index < -0.39 is 0 Å². The molecule has 0 aromatic heterocycles. The summed E-state index contributed by atoms with van der Waals surface area (Å²) in [6.45, 7) is 3.28. The molecule has 2 aromatic rings. The van der Waals surface area contributed by atoms with Gasteiger partial charge in [0.15, 0.2) is 0 Å². The van der Waals surface area contributed by atoms with Crippen molar-refractivity contribution < 1.29 is 0 Å². The lowest BCUT2D eigenvalue weighted by Crippen LogP contribution is -2.38. The van der Waals surface area contributed by atoms with E-state index in [1.165, 1.54) is 42.6 Å². The molecule has 25 heavy (non-hydrogen) atoms. The minimum atomic E-state index is 0.362. The highest BCUT2D eigenvalue weighted by molar-refractivity contribution is 5.82. The Morgan fingerprint density at radius 3 is 2.32 bits per heavy atom. The molecule has 1 aliphatic heterocycles. The molecule has 1 N–H and O–H groups in total. The minimum absolute atomic E-state index is 0.362. The van der Waals surface area contributed by atoms with Crippen molar-refractivity contribution in [3.63, 3.8) is 0 Å². The van der Waals surface area contributed by atoms with E-state index in [1.807, 2.05) is 0 Å². The number of nitrogens with one attached hydrogen (secondary N) is 1. The van der Waals surface area contributed by atoms with E-state index in [1.54, 1.807) is 0 Å². The van der Waals surface area contributed by atoms with Gasteiger partial charge in [-0.25, -0.2) is 0 Å². The quantitative estimate of drug-likeness (QED) is 0.783. The molecule has 0 amide bonds. The van der Waals surface area contributed by atoms with Crippen molar-refractivity contribution in [3.8, 4) is 0 Å². The number of benzene rings is 2. The van der Waals surface area contributed by atoms with E-state index in [2.05, 4.69) is 72.9 Å². The Bertz CT molecular complexity index is 648. The van der Waals surface area contributed by atoms with Gasteiger partial charge in [0.25, 0.3) is 0 Å². The van der Waals surface area contributed by atoms with Crippen LogP contribution in [0.2, 0.25) is 0 Å². The molecule has 2 nitrogen and oxygen atoms in total. The lowest BCUT2D eigenvalue weighted by Gasteiger charge is -2.28. The molecule has 2 unspecified atom stereocenters. The smallest absolute Gasteiger partial charge is 0.0965 e. The van der Waals surface area contributed by atoms with Gasteiger partial charge in [-0.05, 0) is 37.3 Å². The van der Waals surface area contributed by atoms with Crippen LogP contribution in [0.3, 0.4) is 0 Å². The molecule has 0 saturated heterocycles. The van der Waals surface area contributed by atoms with Crippen molar-refractivity contribution in [2.45, 2.75) is 57.4 Å². The van der Waals surface area contributed by atoms with Crippen molar-refractivity contribution >= 4 is 5.84 Å². The number of rotatable bonds is 5. The molecule has 2 atom stereocenters. The zero-order valence-corrected chi connectivity index (χ0v) is 15.3. The Kier molecular flexibility index (Phi) is 6.67. The Balaban J connectivity index is 1.75. The summed E-state index contributed by atoms with van der Waals surface area (Å²) in [5.74, 6) is 1.65. The Morgan fingerprint density at radius 2 is 1.56 bits per heavy atom. The summed E-state index contributed by atoms with van der Waals surface area (Å²) in [6.07, 6.45) is 7.29. The molecule has 2 aromatic carbocycles. The first kappa shape index (κ1) is 17.7. The van der Waals surface area contributed by atoms with Gasteiger partial charge in [0.1, 0.15) is 0 Å². The highest BCUT2D eigenvalue weighted by atomic mass is 15.0. The fourth-order valence-electron chi connectivity index (χ4n) is 3.68. The first-order valence-corrected chi connectivity index (χ1v) is 9.71. The van der Waals surface area contributed by atoms with E-state index in [9.17, 15) is 0 Å². The third kappa shape index (κ3) is 5.45. The van der Waals surface area contributed by atoms with Crippen molar-refractivity contribution in [2.24, 2.45) is 4.99 Å². The third-order valence-electron chi connectivity index (χ3n) is 5.15. The van der Waals surface area contributed by atoms with Crippen molar-refractivity contribution in [2.75, 3.05) is 6.54 Å². The average Bonchev–Trinajstić information content (AvgIpc) is 2.63. The summed E-state index contributed by atoms with van der Waals surface area (Å²) < 4.78 is 0. The van der Waals surface area contributed by atoms with Crippen LogP contribution in [0.4, 0.5) is 0 Å². The normalized spacial score (nSPS) is 17.7. The van der Waals surface area contributed by atoms with Gasteiger partial charge in [-0.3, -0.25) is 4.99 Å². The SMILES string of the molecule is CC(NC1=NCCCCCC1)C(Cc1ccccc1)c1ccccc1. The molecule has 3 rings (SSSR count). The van der Waals surface area contributed by atoms with Crippen molar-refractivity contribution in [3.05, 3.63) is 71.8 Å². The van der Waals surface area contributed by atoms with Crippen LogP contribution in [0.5, 0.6) is 0 Å². The number of amidine groups is 1. The van der Waals surface area contributed by atoms with Crippen LogP contribution in [-0.2, 0) is 6.42 Å². The fraction of sp³-hybridized carbons (Fsp3) is 0.435. The molecular weight excluding hydrogens is 304 g/mol. The lowest BCUT2D eigenvalue weighted by molar-refractivity contribution is 0.512. The highest BCUT2D eigenvalue weighted by Gasteiger charge is 2.21. The van der Waals surface area contributed by atoms with Gasteiger partial charge in [0.2, 0.25) is 0 Å². The monoisotopic (exact) mass is 334 g/mol. The third-order valence-corrected chi connectivity index (χ3v) is 5.15. The van der Waals surface area contributed by atoms with E-state index >= 15 is 0 Å². The van der Waals surface area contributed by atoms with Crippen LogP contribution in [0.25, 0.3) is 0 Å². The zero-order valence-electron chi connectivity index (χ0n) is 15.3. The molecule has 0 aliphatic carbocycles. The molecule has 1 heterocycles. The van der Waals surface area contributed by atoms with Crippen LogP contribution in [0.15, 0.2) is 65.7 Å². The number of hydrogen-bond donors (Lipinski definition) is 1. The molecule has 1 aliphatic rings. The first-order chi connectivity index (χ1) is 12.3. The molecule has 132 valence electrons. The number of nitrogens with zero attached hydrogens (tertiary/aromatic N) is 1. The maximum atomic E-state index is 4.81. The van der Waals surface area contributed by atoms with Crippen molar-refractivity contribution in [1.29, 1.82) is 0 Å². The van der Waals surface area contributed by atoms with Gasteiger partial charge < -0.3 is 5.32 Å². The van der Waals surface area contributed by atoms with Crippen LogP contribution in [0.1, 0.15) is 56.1 Å². The predicted molar refractivity (Wildman–Crippen MR) is 107 cm³/mol.